The number of allylic oxidation sites excluding steroid dienone is 1. The first-order valence-electron chi connectivity index (χ1n) is 10.0. The fourth-order valence-electron chi connectivity index (χ4n) is 3.82. The van der Waals surface area contributed by atoms with Crippen molar-refractivity contribution < 1.29 is 9.53 Å². The van der Waals surface area contributed by atoms with Crippen molar-refractivity contribution in [3.05, 3.63) is 33.4 Å². The lowest BCUT2D eigenvalue weighted by Gasteiger charge is -2.26. The summed E-state index contributed by atoms with van der Waals surface area (Å²) in [4.78, 5) is 34.5. The van der Waals surface area contributed by atoms with Crippen molar-refractivity contribution in [3.63, 3.8) is 0 Å². The topological polar surface area (TPSA) is 76.5 Å². The molecule has 0 saturated carbocycles. The molecule has 9 heteroatoms. The van der Waals surface area contributed by atoms with Crippen LogP contribution in [0.25, 0.3) is 10.2 Å². The third-order valence-corrected chi connectivity index (χ3v) is 7.45. The van der Waals surface area contributed by atoms with Crippen LogP contribution < -0.4 is 10.9 Å². The van der Waals surface area contributed by atoms with Crippen LogP contribution in [0.4, 0.5) is 0 Å². The second-order valence-electron chi connectivity index (χ2n) is 7.23. The SMILES string of the molecule is C=CCn1c(SCC(=O)NCCN2CCOCC2)nc2sc3c(c2c1=O)CCC3. The molecule has 0 unspecified atom stereocenters. The fourth-order valence-corrected chi connectivity index (χ4v) is 5.96. The Labute approximate surface area is 178 Å². The Kier molecular flexibility index (Phi) is 6.69. The highest BCUT2D eigenvalue weighted by Gasteiger charge is 2.23. The number of carbonyl (C=O) groups is 1. The first kappa shape index (κ1) is 20.6. The molecule has 156 valence electrons. The van der Waals surface area contributed by atoms with Crippen LogP contribution in [0.2, 0.25) is 0 Å². The highest BCUT2D eigenvalue weighted by Crippen LogP contribution is 2.35. The second-order valence-corrected chi connectivity index (χ2v) is 9.26. The van der Waals surface area contributed by atoms with Crippen LogP contribution in [0.15, 0.2) is 22.6 Å². The van der Waals surface area contributed by atoms with Crippen molar-refractivity contribution in [2.45, 2.75) is 31.0 Å². The maximum Gasteiger partial charge on any atom is 0.263 e. The molecule has 4 rings (SSSR count). The molecule has 0 bridgehead atoms. The van der Waals surface area contributed by atoms with Crippen LogP contribution in [0.5, 0.6) is 0 Å². The number of aryl methyl sites for hydroxylation is 2. The van der Waals surface area contributed by atoms with Gasteiger partial charge in [0.2, 0.25) is 5.91 Å². The highest BCUT2D eigenvalue weighted by atomic mass is 32.2. The van der Waals surface area contributed by atoms with Gasteiger partial charge in [0.1, 0.15) is 4.83 Å². The van der Waals surface area contributed by atoms with E-state index in [0.29, 0.717) is 18.2 Å². The molecule has 2 aromatic heterocycles. The van der Waals surface area contributed by atoms with Gasteiger partial charge in [0.15, 0.2) is 5.16 Å². The van der Waals surface area contributed by atoms with Gasteiger partial charge in [-0.05, 0) is 24.8 Å². The molecule has 1 aliphatic heterocycles. The average Bonchev–Trinajstić information content (AvgIpc) is 3.30. The van der Waals surface area contributed by atoms with Crippen molar-refractivity contribution in [1.29, 1.82) is 0 Å². The lowest BCUT2D eigenvalue weighted by atomic mass is 10.2. The van der Waals surface area contributed by atoms with E-state index in [0.717, 1.165) is 62.3 Å². The Morgan fingerprint density at radius 3 is 2.97 bits per heavy atom. The molecule has 7 nitrogen and oxygen atoms in total. The zero-order chi connectivity index (χ0) is 20.2. The molecule has 2 aromatic rings. The minimum absolute atomic E-state index is 0.00970. The molecular formula is C20H26N4O3S2. The summed E-state index contributed by atoms with van der Waals surface area (Å²) in [6, 6.07) is 0. The minimum atomic E-state index is -0.0450. The fraction of sp³-hybridized carbons (Fsp3) is 0.550. The predicted molar refractivity (Wildman–Crippen MR) is 117 cm³/mol. The zero-order valence-corrected chi connectivity index (χ0v) is 18.1. The number of aromatic nitrogens is 2. The molecule has 29 heavy (non-hydrogen) atoms. The average molecular weight is 435 g/mol. The summed E-state index contributed by atoms with van der Waals surface area (Å²) in [5, 5.41) is 4.32. The number of nitrogens with one attached hydrogen (secondary N) is 1. The number of carbonyl (C=O) groups excluding carboxylic acids is 1. The van der Waals surface area contributed by atoms with Gasteiger partial charge < -0.3 is 10.1 Å². The number of nitrogens with zero attached hydrogens (tertiary/aromatic N) is 3. The molecule has 1 fully saturated rings. The van der Waals surface area contributed by atoms with Crippen LogP contribution in [0.1, 0.15) is 16.9 Å². The van der Waals surface area contributed by atoms with E-state index < -0.39 is 0 Å². The number of hydrogen-bond donors (Lipinski definition) is 1. The summed E-state index contributed by atoms with van der Waals surface area (Å²) >= 11 is 2.94. The lowest BCUT2D eigenvalue weighted by Crippen LogP contribution is -2.41. The number of rotatable bonds is 8. The minimum Gasteiger partial charge on any atom is -0.379 e. The standard InChI is InChI=1S/C20H26N4O3S2/c1-2-7-24-19(26)17-14-4-3-5-15(14)29-18(17)22-20(24)28-13-16(25)21-6-8-23-9-11-27-12-10-23/h2H,1,3-13H2,(H,21,25). The van der Waals surface area contributed by atoms with Gasteiger partial charge >= 0.3 is 0 Å². The number of thiophene rings is 1. The van der Waals surface area contributed by atoms with Crippen LogP contribution in [0.3, 0.4) is 0 Å². The third-order valence-electron chi connectivity index (χ3n) is 5.29. The quantitative estimate of drug-likeness (QED) is 0.387. The van der Waals surface area contributed by atoms with E-state index in [2.05, 4.69) is 16.8 Å². The van der Waals surface area contributed by atoms with E-state index in [4.69, 9.17) is 9.72 Å². The van der Waals surface area contributed by atoms with Gasteiger partial charge in [-0.2, -0.15) is 0 Å². The van der Waals surface area contributed by atoms with Crippen LogP contribution in [0, 0.1) is 0 Å². The molecule has 2 aliphatic rings. The monoisotopic (exact) mass is 434 g/mol. The van der Waals surface area contributed by atoms with Gasteiger partial charge in [0.25, 0.3) is 5.56 Å². The Hall–Kier alpha value is -1.68. The van der Waals surface area contributed by atoms with E-state index >= 15 is 0 Å². The smallest absolute Gasteiger partial charge is 0.263 e. The molecule has 0 atom stereocenters. The number of amides is 1. The highest BCUT2D eigenvalue weighted by molar-refractivity contribution is 7.99. The van der Waals surface area contributed by atoms with Gasteiger partial charge in [-0.1, -0.05) is 17.8 Å². The van der Waals surface area contributed by atoms with Gasteiger partial charge in [-0.15, -0.1) is 17.9 Å². The Morgan fingerprint density at radius 2 is 2.17 bits per heavy atom. The summed E-state index contributed by atoms with van der Waals surface area (Å²) in [6.45, 7) is 8.94. The second kappa shape index (κ2) is 9.42. The third kappa shape index (κ3) is 4.58. The molecule has 1 saturated heterocycles. The molecule has 0 spiro atoms. The molecule has 1 N–H and O–H groups in total. The summed E-state index contributed by atoms with van der Waals surface area (Å²) in [6.07, 6.45) is 4.80. The Bertz CT molecular complexity index is 963. The van der Waals surface area contributed by atoms with Crippen molar-refractivity contribution in [2.75, 3.05) is 45.1 Å². The maximum absolute atomic E-state index is 13.1. The maximum atomic E-state index is 13.1. The predicted octanol–water partition coefficient (Wildman–Crippen LogP) is 1.67. The first-order valence-corrected chi connectivity index (χ1v) is 11.8. The normalized spacial score (nSPS) is 16.8. The summed E-state index contributed by atoms with van der Waals surface area (Å²) in [5.74, 6) is 0.194. The molecule has 1 aliphatic carbocycles. The molecule has 3 heterocycles. The molecule has 0 radical (unpaired) electrons. The number of ether oxygens (including phenoxy) is 1. The zero-order valence-electron chi connectivity index (χ0n) is 16.4. The number of hydrogen-bond acceptors (Lipinski definition) is 7. The number of fused-ring (bicyclic) bond motifs is 3. The van der Waals surface area contributed by atoms with Gasteiger partial charge in [0, 0.05) is 37.6 Å². The van der Waals surface area contributed by atoms with E-state index in [1.54, 1.807) is 22.0 Å². The summed E-state index contributed by atoms with van der Waals surface area (Å²) in [7, 11) is 0. The van der Waals surface area contributed by atoms with E-state index in [1.807, 2.05) is 0 Å². The van der Waals surface area contributed by atoms with Crippen LogP contribution in [-0.2, 0) is 28.9 Å². The Balaban J connectivity index is 1.41. The Morgan fingerprint density at radius 1 is 1.34 bits per heavy atom. The van der Waals surface area contributed by atoms with E-state index in [-0.39, 0.29) is 17.2 Å². The van der Waals surface area contributed by atoms with Crippen molar-refractivity contribution in [2.24, 2.45) is 0 Å². The number of morpholine rings is 1. The van der Waals surface area contributed by atoms with Gasteiger partial charge in [0.05, 0.1) is 24.4 Å². The van der Waals surface area contributed by atoms with E-state index in [9.17, 15) is 9.59 Å². The lowest BCUT2D eigenvalue weighted by molar-refractivity contribution is -0.118. The first-order chi connectivity index (χ1) is 14.2. The molecular weight excluding hydrogens is 408 g/mol. The van der Waals surface area contributed by atoms with Crippen LogP contribution in [-0.4, -0.2) is 65.5 Å². The van der Waals surface area contributed by atoms with Crippen molar-refractivity contribution in [1.82, 2.24) is 19.8 Å². The van der Waals surface area contributed by atoms with Crippen molar-refractivity contribution >= 4 is 39.2 Å². The summed E-state index contributed by atoms with van der Waals surface area (Å²) in [5.41, 5.74) is 1.17. The summed E-state index contributed by atoms with van der Waals surface area (Å²) < 4.78 is 6.98. The largest absolute Gasteiger partial charge is 0.379 e. The van der Waals surface area contributed by atoms with Crippen molar-refractivity contribution in [3.8, 4) is 0 Å². The van der Waals surface area contributed by atoms with E-state index in [1.165, 1.54) is 22.2 Å². The molecule has 1 amide bonds. The van der Waals surface area contributed by atoms with Gasteiger partial charge in [-0.3, -0.25) is 19.1 Å². The number of thioether (sulfide) groups is 1. The van der Waals surface area contributed by atoms with Crippen LogP contribution >= 0.6 is 23.1 Å². The van der Waals surface area contributed by atoms with Gasteiger partial charge in [-0.25, -0.2) is 4.98 Å². The molecule has 0 aromatic carbocycles.